The molecule has 0 amide bonds. The van der Waals surface area contributed by atoms with Gasteiger partial charge in [0.2, 0.25) is 6.79 Å². The molecule has 0 N–H and O–H groups in total. The summed E-state index contributed by atoms with van der Waals surface area (Å²) >= 11 is 0. The standard InChI is InChI=1S/C12H12O4/c1-3-14-12(13)8(2)9-4-5-10-11(6-9)16-7-15-10/h4-6H,2-3,7H2,1H3. The average molecular weight is 220 g/mol. The van der Waals surface area contributed by atoms with Crippen LogP contribution >= 0.6 is 0 Å². The molecule has 84 valence electrons. The smallest absolute Gasteiger partial charge is 0.338 e. The molecule has 0 saturated carbocycles. The van der Waals surface area contributed by atoms with E-state index in [0.29, 0.717) is 29.2 Å². The first-order valence-corrected chi connectivity index (χ1v) is 4.98. The number of hydrogen-bond acceptors (Lipinski definition) is 4. The van der Waals surface area contributed by atoms with Crippen molar-refractivity contribution in [2.75, 3.05) is 13.4 Å². The van der Waals surface area contributed by atoms with E-state index in [1.54, 1.807) is 25.1 Å². The van der Waals surface area contributed by atoms with Crippen LogP contribution in [0.3, 0.4) is 0 Å². The largest absolute Gasteiger partial charge is 0.462 e. The Balaban J connectivity index is 2.21. The molecule has 4 heteroatoms. The predicted octanol–water partition coefficient (Wildman–Crippen LogP) is 1.99. The van der Waals surface area contributed by atoms with E-state index in [9.17, 15) is 4.79 Å². The fraction of sp³-hybridized carbons (Fsp3) is 0.250. The van der Waals surface area contributed by atoms with Crippen molar-refractivity contribution in [3.05, 3.63) is 30.3 Å². The SMILES string of the molecule is C=C(C(=O)OCC)c1ccc2c(c1)OCO2. The van der Waals surface area contributed by atoms with Crippen LogP contribution in [0.15, 0.2) is 24.8 Å². The van der Waals surface area contributed by atoms with Crippen molar-refractivity contribution in [3.63, 3.8) is 0 Å². The molecule has 0 aromatic heterocycles. The summed E-state index contributed by atoms with van der Waals surface area (Å²) in [7, 11) is 0. The van der Waals surface area contributed by atoms with Crippen LogP contribution in [-0.2, 0) is 9.53 Å². The van der Waals surface area contributed by atoms with E-state index < -0.39 is 5.97 Å². The van der Waals surface area contributed by atoms with Crippen LogP contribution in [0.1, 0.15) is 12.5 Å². The summed E-state index contributed by atoms with van der Waals surface area (Å²) in [5, 5.41) is 0. The molecular weight excluding hydrogens is 208 g/mol. The van der Waals surface area contributed by atoms with Crippen molar-refractivity contribution < 1.29 is 19.0 Å². The Morgan fingerprint density at radius 2 is 2.19 bits per heavy atom. The van der Waals surface area contributed by atoms with Crippen molar-refractivity contribution in [2.24, 2.45) is 0 Å². The van der Waals surface area contributed by atoms with Gasteiger partial charge in [-0.05, 0) is 24.6 Å². The maximum atomic E-state index is 11.4. The van der Waals surface area contributed by atoms with Crippen molar-refractivity contribution in [1.82, 2.24) is 0 Å². The highest BCUT2D eigenvalue weighted by Crippen LogP contribution is 2.34. The van der Waals surface area contributed by atoms with Crippen molar-refractivity contribution in [1.29, 1.82) is 0 Å². The molecule has 0 saturated heterocycles. The molecule has 16 heavy (non-hydrogen) atoms. The zero-order valence-electron chi connectivity index (χ0n) is 8.99. The molecule has 0 radical (unpaired) electrons. The first kappa shape index (κ1) is 10.5. The van der Waals surface area contributed by atoms with Gasteiger partial charge in [-0.15, -0.1) is 0 Å². The summed E-state index contributed by atoms with van der Waals surface area (Å²) in [5.41, 5.74) is 1.00. The first-order chi connectivity index (χ1) is 7.72. The van der Waals surface area contributed by atoms with Crippen LogP contribution < -0.4 is 9.47 Å². The number of carbonyl (C=O) groups is 1. The van der Waals surface area contributed by atoms with Gasteiger partial charge in [0, 0.05) is 0 Å². The zero-order chi connectivity index (χ0) is 11.5. The molecular formula is C12H12O4. The maximum absolute atomic E-state index is 11.4. The summed E-state index contributed by atoms with van der Waals surface area (Å²) in [6.07, 6.45) is 0. The van der Waals surface area contributed by atoms with Crippen molar-refractivity contribution in [3.8, 4) is 11.5 Å². The molecule has 1 aromatic rings. The lowest BCUT2D eigenvalue weighted by atomic mass is 10.1. The number of esters is 1. The molecule has 0 spiro atoms. The van der Waals surface area contributed by atoms with Gasteiger partial charge in [0.05, 0.1) is 12.2 Å². The second-order valence-corrected chi connectivity index (χ2v) is 3.27. The van der Waals surface area contributed by atoms with Crippen LogP contribution in [0.2, 0.25) is 0 Å². The Kier molecular flexibility index (Phi) is 2.81. The number of rotatable bonds is 3. The van der Waals surface area contributed by atoms with Crippen LogP contribution in [0.25, 0.3) is 5.57 Å². The minimum absolute atomic E-state index is 0.213. The fourth-order valence-electron chi connectivity index (χ4n) is 1.42. The molecule has 0 atom stereocenters. The lowest BCUT2D eigenvalue weighted by Crippen LogP contribution is -2.05. The predicted molar refractivity (Wildman–Crippen MR) is 58.2 cm³/mol. The highest BCUT2D eigenvalue weighted by Gasteiger charge is 2.17. The Morgan fingerprint density at radius 3 is 2.94 bits per heavy atom. The summed E-state index contributed by atoms with van der Waals surface area (Å²) in [4.78, 5) is 11.4. The van der Waals surface area contributed by atoms with Gasteiger partial charge in [-0.2, -0.15) is 0 Å². The second kappa shape index (κ2) is 4.26. The number of fused-ring (bicyclic) bond motifs is 1. The first-order valence-electron chi connectivity index (χ1n) is 4.98. The number of hydrogen-bond donors (Lipinski definition) is 0. The Hall–Kier alpha value is -1.97. The van der Waals surface area contributed by atoms with E-state index in [1.807, 2.05) is 0 Å². The summed E-state index contributed by atoms with van der Waals surface area (Å²) < 4.78 is 15.3. The number of ether oxygens (including phenoxy) is 3. The molecule has 0 bridgehead atoms. The third-order valence-corrected chi connectivity index (χ3v) is 2.24. The maximum Gasteiger partial charge on any atom is 0.338 e. The lowest BCUT2D eigenvalue weighted by Gasteiger charge is -2.06. The highest BCUT2D eigenvalue weighted by molar-refractivity contribution is 6.15. The van der Waals surface area contributed by atoms with Gasteiger partial charge < -0.3 is 14.2 Å². The average Bonchev–Trinajstić information content (AvgIpc) is 2.75. The Bertz CT molecular complexity index is 437. The zero-order valence-corrected chi connectivity index (χ0v) is 8.99. The summed E-state index contributed by atoms with van der Waals surface area (Å²) in [6, 6.07) is 5.23. The summed E-state index contributed by atoms with van der Waals surface area (Å²) in [5.74, 6) is 0.893. The lowest BCUT2D eigenvalue weighted by molar-refractivity contribution is -0.136. The van der Waals surface area contributed by atoms with E-state index in [0.717, 1.165) is 0 Å². The molecule has 1 heterocycles. The molecule has 1 aliphatic heterocycles. The third-order valence-electron chi connectivity index (χ3n) is 2.24. The second-order valence-electron chi connectivity index (χ2n) is 3.27. The molecule has 0 aliphatic carbocycles. The van der Waals surface area contributed by atoms with Crippen LogP contribution in [0, 0.1) is 0 Å². The topological polar surface area (TPSA) is 44.8 Å². The quantitative estimate of drug-likeness (QED) is 0.577. The molecule has 1 aromatic carbocycles. The number of benzene rings is 1. The van der Waals surface area contributed by atoms with E-state index in [1.165, 1.54) is 0 Å². The van der Waals surface area contributed by atoms with Gasteiger partial charge in [-0.3, -0.25) is 0 Å². The monoisotopic (exact) mass is 220 g/mol. The van der Waals surface area contributed by atoms with Gasteiger partial charge in [0.15, 0.2) is 11.5 Å². The normalized spacial score (nSPS) is 12.3. The van der Waals surface area contributed by atoms with Crippen molar-refractivity contribution in [2.45, 2.75) is 6.92 Å². The molecule has 4 nitrogen and oxygen atoms in total. The Morgan fingerprint density at radius 1 is 1.44 bits per heavy atom. The minimum atomic E-state index is -0.415. The third kappa shape index (κ3) is 1.86. The van der Waals surface area contributed by atoms with Crippen LogP contribution in [0.4, 0.5) is 0 Å². The van der Waals surface area contributed by atoms with E-state index in [2.05, 4.69) is 6.58 Å². The van der Waals surface area contributed by atoms with Gasteiger partial charge in [-0.25, -0.2) is 4.79 Å². The van der Waals surface area contributed by atoms with Gasteiger partial charge in [0.25, 0.3) is 0 Å². The van der Waals surface area contributed by atoms with Crippen LogP contribution in [-0.4, -0.2) is 19.4 Å². The van der Waals surface area contributed by atoms with Gasteiger partial charge in [-0.1, -0.05) is 12.6 Å². The molecule has 1 aliphatic rings. The van der Waals surface area contributed by atoms with E-state index >= 15 is 0 Å². The minimum Gasteiger partial charge on any atom is -0.462 e. The number of carbonyl (C=O) groups excluding carboxylic acids is 1. The van der Waals surface area contributed by atoms with E-state index in [4.69, 9.17) is 14.2 Å². The Labute approximate surface area is 93.4 Å². The highest BCUT2D eigenvalue weighted by atomic mass is 16.7. The molecule has 0 fully saturated rings. The van der Waals surface area contributed by atoms with Gasteiger partial charge >= 0.3 is 5.97 Å². The fourth-order valence-corrected chi connectivity index (χ4v) is 1.42. The summed E-state index contributed by atoms with van der Waals surface area (Å²) in [6.45, 7) is 6.00. The molecule has 0 unspecified atom stereocenters. The van der Waals surface area contributed by atoms with Gasteiger partial charge in [0.1, 0.15) is 0 Å². The van der Waals surface area contributed by atoms with Crippen LogP contribution in [0.5, 0.6) is 11.5 Å². The van der Waals surface area contributed by atoms with Crippen molar-refractivity contribution >= 4 is 11.5 Å². The van der Waals surface area contributed by atoms with E-state index in [-0.39, 0.29) is 6.79 Å². The molecule has 2 rings (SSSR count).